The zero-order valence-corrected chi connectivity index (χ0v) is 20.8. The summed E-state index contributed by atoms with van der Waals surface area (Å²) in [4.78, 5) is 21.3. The number of fused-ring (bicyclic) bond motifs is 2. The monoisotopic (exact) mass is 508 g/mol. The molecule has 0 fully saturated rings. The molecule has 0 saturated carbocycles. The van der Waals surface area contributed by atoms with E-state index in [4.69, 9.17) is 4.98 Å². The Morgan fingerprint density at radius 2 is 1.76 bits per heavy atom. The summed E-state index contributed by atoms with van der Waals surface area (Å²) >= 11 is 0. The minimum Gasteiger partial charge on any atom is -0.374 e. The van der Waals surface area contributed by atoms with Crippen LogP contribution in [-0.2, 0) is 0 Å². The summed E-state index contributed by atoms with van der Waals surface area (Å²) in [5, 5.41) is 21.6. The van der Waals surface area contributed by atoms with Crippen molar-refractivity contribution in [2.45, 2.75) is 26.5 Å². The SMILES string of the molecule is CC(C)CC(O)Nc1cncc(-c2cnc3n[nH]c(-c4nc5nccc(-c6ccc(F)cc6)c5[nH]4)c3c2)c1. The van der Waals surface area contributed by atoms with Crippen molar-refractivity contribution in [1.29, 1.82) is 0 Å². The molecule has 0 radical (unpaired) electrons. The van der Waals surface area contributed by atoms with Gasteiger partial charge in [-0.3, -0.25) is 10.1 Å². The highest BCUT2D eigenvalue weighted by atomic mass is 19.1. The van der Waals surface area contributed by atoms with Gasteiger partial charge < -0.3 is 15.4 Å². The van der Waals surface area contributed by atoms with Gasteiger partial charge in [0, 0.05) is 35.3 Å². The standard InChI is InChI=1S/C28H25FN8O/c1-15(2)9-23(38)33-20-10-17(12-30-14-20)18-11-22-25(36-37-26(22)32-13-18)28-34-24-21(7-8-31-27(24)35-28)16-3-5-19(29)6-4-16/h3-8,10-15,23,33,38H,9H2,1-2H3,(H,31,34,35)(H,32,36,37). The number of hydrogen-bond donors (Lipinski definition) is 4. The number of aliphatic hydroxyl groups is 1. The van der Waals surface area contributed by atoms with Crippen molar-refractivity contribution >= 4 is 27.9 Å². The van der Waals surface area contributed by atoms with E-state index < -0.39 is 6.23 Å². The summed E-state index contributed by atoms with van der Waals surface area (Å²) in [7, 11) is 0. The van der Waals surface area contributed by atoms with E-state index in [2.05, 4.69) is 49.3 Å². The van der Waals surface area contributed by atoms with Gasteiger partial charge in [-0.15, -0.1) is 0 Å². The van der Waals surface area contributed by atoms with Gasteiger partial charge in [0.15, 0.2) is 17.1 Å². The van der Waals surface area contributed by atoms with Gasteiger partial charge in [-0.05, 0) is 48.2 Å². The summed E-state index contributed by atoms with van der Waals surface area (Å²) in [5.41, 5.74) is 6.63. The highest BCUT2D eigenvalue weighted by Gasteiger charge is 2.17. The van der Waals surface area contributed by atoms with Crippen molar-refractivity contribution in [2.75, 3.05) is 5.32 Å². The second-order valence-electron chi connectivity index (χ2n) is 9.60. The van der Waals surface area contributed by atoms with E-state index in [0.717, 1.165) is 38.8 Å². The molecule has 0 bridgehead atoms. The minimum absolute atomic E-state index is 0.292. The lowest BCUT2D eigenvalue weighted by Gasteiger charge is -2.16. The van der Waals surface area contributed by atoms with Crippen molar-refractivity contribution in [3.8, 4) is 33.8 Å². The number of anilines is 1. The summed E-state index contributed by atoms with van der Waals surface area (Å²) in [6, 6.07) is 12.1. The topological polar surface area (TPSA) is 128 Å². The maximum atomic E-state index is 13.5. The van der Waals surface area contributed by atoms with Crippen molar-refractivity contribution in [3.63, 3.8) is 0 Å². The summed E-state index contributed by atoms with van der Waals surface area (Å²) in [5.74, 6) is 0.633. The second kappa shape index (κ2) is 9.64. The number of rotatable bonds is 7. The number of imidazole rings is 1. The fourth-order valence-corrected chi connectivity index (χ4v) is 4.51. The van der Waals surface area contributed by atoms with Crippen LogP contribution >= 0.6 is 0 Å². The van der Waals surface area contributed by atoms with Crippen LogP contribution in [0.4, 0.5) is 10.1 Å². The first-order chi connectivity index (χ1) is 18.4. The number of aromatic amines is 2. The molecule has 0 aliphatic carbocycles. The molecule has 0 aliphatic heterocycles. The predicted octanol–water partition coefficient (Wildman–Crippen LogP) is 5.54. The van der Waals surface area contributed by atoms with E-state index in [1.54, 1.807) is 36.9 Å². The number of halogens is 1. The number of benzene rings is 1. The van der Waals surface area contributed by atoms with Crippen LogP contribution in [0.2, 0.25) is 0 Å². The normalized spacial score (nSPS) is 12.4. The van der Waals surface area contributed by atoms with Crippen molar-refractivity contribution in [3.05, 3.63) is 73.1 Å². The lowest BCUT2D eigenvalue weighted by Crippen LogP contribution is -2.20. The smallest absolute Gasteiger partial charge is 0.181 e. The minimum atomic E-state index is -0.658. The van der Waals surface area contributed by atoms with E-state index in [-0.39, 0.29) is 5.82 Å². The van der Waals surface area contributed by atoms with Crippen molar-refractivity contribution in [1.82, 2.24) is 35.1 Å². The summed E-state index contributed by atoms with van der Waals surface area (Å²) in [6.45, 7) is 4.12. The molecule has 0 aliphatic rings. The van der Waals surface area contributed by atoms with Gasteiger partial charge in [0.2, 0.25) is 0 Å². The summed E-state index contributed by atoms with van der Waals surface area (Å²) in [6.07, 6.45) is 6.83. The van der Waals surface area contributed by atoms with Gasteiger partial charge in [0.1, 0.15) is 17.7 Å². The van der Waals surface area contributed by atoms with Crippen LogP contribution in [0.5, 0.6) is 0 Å². The Bertz CT molecular complexity index is 1740. The molecule has 6 aromatic rings. The summed E-state index contributed by atoms with van der Waals surface area (Å²) < 4.78 is 13.5. The Balaban J connectivity index is 1.37. The number of nitrogens with zero attached hydrogens (tertiary/aromatic N) is 5. The third kappa shape index (κ3) is 4.57. The molecular weight excluding hydrogens is 483 g/mol. The van der Waals surface area contributed by atoms with E-state index in [1.807, 2.05) is 18.2 Å². The number of nitrogens with one attached hydrogen (secondary N) is 3. The van der Waals surface area contributed by atoms with E-state index in [1.165, 1.54) is 12.1 Å². The molecule has 1 atom stereocenters. The van der Waals surface area contributed by atoms with E-state index in [0.29, 0.717) is 35.2 Å². The zero-order valence-electron chi connectivity index (χ0n) is 20.8. The predicted molar refractivity (Wildman–Crippen MR) is 144 cm³/mol. The number of aliphatic hydroxyl groups excluding tert-OH is 1. The molecular formula is C28H25FN8O. The fourth-order valence-electron chi connectivity index (χ4n) is 4.51. The molecule has 1 aromatic carbocycles. The molecule has 5 aromatic heterocycles. The Morgan fingerprint density at radius 1 is 0.947 bits per heavy atom. The van der Waals surface area contributed by atoms with Crippen LogP contribution in [0.1, 0.15) is 20.3 Å². The lowest BCUT2D eigenvalue weighted by atomic mass is 10.1. The molecule has 190 valence electrons. The zero-order chi connectivity index (χ0) is 26.2. The Labute approximate surface area is 217 Å². The molecule has 9 nitrogen and oxygen atoms in total. The Kier molecular flexibility index (Phi) is 6.01. The fraction of sp³-hybridized carbons (Fsp3) is 0.179. The molecule has 6 rings (SSSR count). The van der Waals surface area contributed by atoms with E-state index >= 15 is 0 Å². The molecule has 0 saturated heterocycles. The van der Waals surface area contributed by atoms with Crippen molar-refractivity contribution < 1.29 is 9.50 Å². The van der Waals surface area contributed by atoms with Gasteiger partial charge in [0.25, 0.3) is 0 Å². The average Bonchev–Trinajstić information content (AvgIpc) is 3.52. The average molecular weight is 509 g/mol. The van der Waals surface area contributed by atoms with E-state index in [9.17, 15) is 9.50 Å². The van der Waals surface area contributed by atoms with Crippen LogP contribution in [0.3, 0.4) is 0 Å². The molecule has 1 unspecified atom stereocenters. The van der Waals surface area contributed by atoms with Crippen LogP contribution in [-0.4, -0.2) is 46.5 Å². The third-order valence-corrected chi connectivity index (χ3v) is 6.29. The molecule has 38 heavy (non-hydrogen) atoms. The van der Waals surface area contributed by atoms with Gasteiger partial charge in [-0.1, -0.05) is 26.0 Å². The highest BCUT2D eigenvalue weighted by molar-refractivity contribution is 5.96. The van der Waals surface area contributed by atoms with Gasteiger partial charge >= 0.3 is 0 Å². The quantitative estimate of drug-likeness (QED) is 0.208. The molecule has 0 spiro atoms. The largest absolute Gasteiger partial charge is 0.374 e. The first-order valence-electron chi connectivity index (χ1n) is 12.3. The van der Waals surface area contributed by atoms with Crippen molar-refractivity contribution in [2.24, 2.45) is 5.92 Å². The third-order valence-electron chi connectivity index (χ3n) is 6.29. The van der Waals surface area contributed by atoms with Gasteiger partial charge in [0.05, 0.1) is 22.8 Å². The number of hydrogen-bond acceptors (Lipinski definition) is 7. The number of pyridine rings is 3. The van der Waals surface area contributed by atoms with Crippen LogP contribution in [0.25, 0.3) is 56.0 Å². The maximum Gasteiger partial charge on any atom is 0.181 e. The highest BCUT2D eigenvalue weighted by Crippen LogP contribution is 2.32. The first-order valence-corrected chi connectivity index (χ1v) is 12.3. The molecule has 0 amide bonds. The second-order valence-corrected chi connectivity index (χ2v) is 9.60. The maximum absolute atomic E-state index is 13.5. The van der Waals surface area contributed by atoms with Crippen LogP contribution < -0.4 is 5.32 Å². The first kappa shape index (κ1) is 23.7. The lowest BCUT2D eigenvalue weighted by molar-refractivity contribution is 0.176. The van der Waals surface area contributed by atoms with Gasteiger partial charge in [-0.2, -0.15) is 5.10 Å². The molecule has 10 heteroatoms. The number of aromatic nitrogens is 7. The molecule has 4 N–H and O–H groups in total. The Morgan fingerprint density at radius 3 is 2.58 bits per heavy atom. The van der Waals surface area contributed by atoms with Crippen LogP contribution in [0.15, 0.2) is 67.3 Å². The number of H-pyrrole nitrogens is 2. The molecule has 5 heterocycles. The van der Waals surface area contributed by atoms with Crippen LogP contribution in [0, 0.1) is 11.7 Å². The Hall–Kier alpha value is -4.70. The van der Waals surface area contributed by atoms with Gasteiger partial charge in [-0.25, -0.2) is 19.3 Å².